The van der Waals surface area contributed by atoms with Crippen molar-refractivity contribution in [1.82, 2.24) is 15.0 Å². The average molecular weight is 162 g/mol. The Labute approximate surface area is 63.4 Å². The molecule has 0 aliphatic carbocycles. The number of aromatic nitrogens is 3. The second-order valence-electron chi connectivity index (χ2n) is 1.81. The van der Waals surface area contributed by atoms with Crippen LogP contribution >= 0.6 is 11.6 Å². The molecule has 1 aromatic heterocycles. The zero-order valence-corrected chi connectivity index (χ0v) is 6.12. The Kier molecular flexibility index (Phi) is 2.65. The van der Waals surface area contributed by atoms with Crippen molar-refractivity contribution < 1.29 is 5.11 Å². The van der Waals surface area contributed by atoms with E-state index >= 15 is 0 Å². The number of nitrogens with zero attached hydrogens (tertiary/aromatic N) is 3. The summed E-state index contributed by atoms with van der Waals surface area (Å²) in [6.07, 6.45) is 1.59. The summed E-state index contributed by atoms with van der Waals surface area (Å²) in [5, 5.41) is 15.9. The first-order valence-corrected chi connectivity index (χ1v) is 3.46. The highest BCUT2D eigenvalue weighted by Gasteiger charge is 1.99. The maximum absolute atomic E-state index is 8.53. The summed E-state index contributed by atoms with van der Waals surface area (Å²) in [7, 11) is 0. The topological polar surface area (TPSA) is 50.9 Å². The van der Waals surface area contributed by atoms with Gasteiger partial charge in [0.15, 0.2) is 0 Å². The van der Waals surface area contributed by atoms with Crippen molar-refractivity contribution >= 4 is 11.6 Å². The van der Waals surface area contributed by atoms with Gasteiger partial charge in [-0.25, -0.2) is 4.68 Å². The molecule has 0 aliphatic rings. The van der Waals surface area contributed by atoms with Gasteiger partial charge in [0, 0.05) is 0 Å². The SMILES string of the molecule is OCCn1nncc1CCl. The molecular formula is C5H8ClN3O. The zero-order valence-electron chi connectivity index (χ0n) is 5.37. The molecular weight excluding hydrogens is 154 g/mol. The Hall–Kier alpha value is -0.610. The molecule has 0 saturated heterocycles. The Balaban J connectivity index is 2.70. The van der Waals surface area contributed by atoms with E-state index in [0.717, 1.165) is 5.69 Å². The summed E-state index contributed by atoms with van der Waals surface area (Å²) in [5.41, 5.74) is 0.829. The minimum Gasteiger partial charge on any atom is -0.394 e. The van der Waals surface area contributed by atoms with Crippen molar-refractivity contribution in [2.45, 2.75) is 12.4 Å². The van der Waals surface area contributed by atoms with Crippen LogP contribution in [0.25, 0.3) is 0 Å². The Morgan fingerprint density at radius 2 is 2.50 bits per heavy atom. The molecule has 1 aromatic rings. The summed E-state index contributed by atoms with van der Waals surface area (Å²) in [4.78, 5) is 0. The summed E-state index contributed by atoms with van der Waals surface area (Å²) in [6.45, 7) is 0.523. The Morgan fingerprint density at radius 3 is 3.10 bits per heavy atom. The van der Waals surface area contributed by atoms with Gasteiger partial charge in [0.25, 0.3) is 0 Å². The van der Waals surface area contributed by atoms with Crippen LogP contribution in [0.5, 0.6) is 0 Å². The first-order chi connectivity index (χ1) is 4.88. The van der Waals surface area contributed by atoms with Crippen LogP contribution in [0.2, 0.25) is 0 Å². The third-order valence-electron chi connectivity index (χ3n) is 1.15. The summed E-state index contributed by atoms with van der Waals surface area (Å²) in [5.74, 6) is 0.382. The molecule has 4 nitrogen and oxygen atoms in total. The zero-order chi connectivity index (χ0) is 7.40. The lowest BCUT2D eigenvalue weighted by Crippen LogP contribution is -2.06. The van der Waals surface area contributed by atoms with Crippen LogP contribution in [0.3, 0.4) is 0 Å². The van der Waals surface area contributed by atoms with Gasteiger partial charge in [-0.15, -0.1) is 16.7 Å². The number of alkyl halides is 1. The normalized spacial score (nSPS) is 10.2. The number of hydrogen-bond donors (Lipinski definition) is 1. The van der Waals surface area contributed by atoms with E-state index in [-0.39, 0.29) is 6.61 Å². The van der Waals surface area contributed by atoms with Crippen LogP contribution in [-0.2, 0) is 12.4 Å². The van der Waals surface area contributed by atoms with Crippen molar-refractivity contribution in [2.24, 2.45) is 0 Å². The van der Waals surface area contributed by atoms with Gasteiger partial charge in [-0.1, -0.05) is 5.21 Å². The monoisotopic (exact) mass is 161 g/mol. The molecule has 0 fully saturated rings. The standard InChI is InChI=1S/C5H8ClN3O/c6-3-5-4-7-8-9(5)1-2-10/h4,10H,1-3H2. The quantitative estimate of drug-likeness (QED) is 0.636. The van der Waals surface area contributed by atoms with E-state index in [9.17, 15) is 0 Å². The van der Waals surface area contributed by atoms with Crippen LogP contribution < -0.4 is 0 Å². The lowest BCUT2D eigenvalue weighted by Gasteiger charge is -1.98. The predicted molar refractivity (Wildman–Crippen MR) is 36.7 cm³/mol. The first-order valence-electron chi connectivity index (χ1n) is 2.92. The predicted octanol–water partition coefficient (Wildman–Crippen LogP) is 0.00920. The number of aliphatic hydroxyl groups is 1. The van der Waals surface area contributed by atoms with E-state index in [4.69, 9.17) is 16.7 Å². The molecule has 56 valence electrons. The van der Waals surface area contributed by atoms with E-state index in [1.165, 1.54) is 0 Å². The lowest BCUT2D eigenvalue weighted by molar-refractivity contribution is 0.266. The van der Waals surface area contributed by atoms with Gasteiger partial charge >= 0.3 is 0 Å². The van der Waals surface area contributed by atoms with Gasteiger partial charge < -0.3 is 5.11 Å². The number of halogens is 1. The van der Waals surface area contributed by atoms with Crippen molar-refractivity contribution in [2.75, 3.05) is 6.61 Å². The van der Waals surface area contributed by atoms with E-state index in [0.29, 0.717) is 12.4 Å². The van der Waals surface area contributed by atoms with Gasteiger partial charge in [-0.2, -0.15) is 0 Å². The van der Waals surface area contributed by atoms with E-state index in [1.807, 2.05) is 0 Å². The average Bonchev–Trinajstić information content (AvgIpc) is 2.36. The van der Waals surface area contributed by atoms with Crippen LogP contribution in [0.1, 0.15) is 5.69 Å². The molecule has 0 radical (unpaired) electrons. The summed E-state index contributed by atoms with van der Waals surface area (Å²) in [6, 6.07) is 0. The van der Waals surface area contributed by atoms with E-state index in [1.54, 1.807) is 10.9 Å². The van der Waals surface area contributed by atoms with Crippen LogP contribution in [-0.4, -0.2) is 26.7 Å². The highest BCUT2D eigenvalue weighted by molar-refractivity contribution is 6.16. The van der Waals surface area contributed by atoms with Gasteiger partial charge in [0.1, 0.15) is 0 Å². The fourth-order valence-corrected chi connectivity index (χ4v) is 0.872. The maximum atomic E-state index is 8.53. The molecule has 10 heavy (non-hydrogen) atoms. The van der Waals surface area contributed by atoms with Gasteiger partial charge in [-0.05, 0) is 0 Å². The third kappa shape index (κ3) is 1.46. The van der Waals surface area contributed by atoms with Crippen LogP contribution in [0.4, 0.5) is 0 Å². The third-order valence-corrected chi connectivity index (χ3v) is 1.42. The highest BCUT2D eigenvalue weighted by Crippen LogP contribution is 1.99. The molecule has 1 rings (SSSR count). The smallest absolute Gasteiger partial charge is 0.0737 e. The van der Waals surface area contributed by atoms with Crippen LogP contribution in [0.15, 0.2) is 6.20 Å². The largest absolute Gasteiger partial charge is 0.394 e. The molecule has 0 bridgehead atoms. The van der Waals surface area contributed by atoms with Gasteiger partial charge in [-0.3, -0.25) is 0 Å². The van der Waals surface area contributed by atoms with Crippen molar-refractivity contribution in [3.63, 3.8) is 0 Å². The summed E-state index contributed by atoms with van der Waals surface area (Å²) >= 11 is 5.53. The van der Waals surface area contributed by atoms with Gasteiger partial charge in [0.05, 0.1) is 30.9 Å². The molecule has 0 aromatic carbocycles. The highest BCUT2D eigenvalue weighted by atomic mass is 35.5. The molecule has 0 spiro atoms. The Bertz CT molecular complexity index is 201. The lowest BCUT2D eigenvalue weighted by atomic mass is 10.5. The van der Waals surface area contributed by atoms with Crippen molar-refractivity contribution in [3.8, 4) is 0 Å². The molecule has 1 N–H and O–H groups in total. The van der Waals surface area contributed by atoms with E-state index < -0.39 is 0 Å². The fraction of sp³-hybridized carbons (Fsp3) is 0.600. The minimum absolute atomic E-state index is 0.0627. The minimum atomic E-state index is 0.0627. The maximum Gasteiger partial charge on any atom is 0.0737 e. The number of rotatable bonds is 3. The molecule has 0 amide bonds. The molecule has 0 aliphatic heterocycles. The first kappa shape index (κ1) is 7.50. The molecule has 1 heterocycles. The Morgan fingerprint density at radius 1 is 1.70 bits per heavy atom. The van der Waals surface area contributed by atoms with E-state index in [2.05, 4.69) is 10.3 Å². The fourth-order valence-electron chi connectivity index (χ4n) is 0.665. The molecule has 0 unspecified atom stereocenters. The van der Waals surface area contributed by atoms with Crippen LogP contribution in [0, 0.1) is 0 Å². The van der Waals surface area contributed by atoms with Crippen molar-refractivity contribution in [1.29, 1.82) is 0 Å². The van der Waals surface area contributed by atoms with Crippen molar-refractivity contribution in [3.05, 3.63) is 11.9 Å². The molecule has 0 saturated carbocycles. The summed E-state index contributed by atoms with van der Waals surface area (Å²) < 4.78 is 1.58. The molecule has 0 atom stereocenters. The van der Waals surface area contributed by atoms with Gasteiger partial charge in [0.2, 0.25) is 0 Å². The number of aliphatic hydroxyl groups excluding tert-OH is 1. The molecule has 5 heteroatoms. The second-order valence-corrected chi connectivity index (χ2v) is 2.07. The second kappa shape index (κ2) is 3.53. The number of hydrogen-bond acceptors (Lipinski definition) is 3.